The summed E-state index contributed by atoms with van der Waals surface area (Å²) in [6.07, 6.45) is 2.25. The molecule has 7 nitrogen and oxygen atoms in total. The van der Waals surface area contributed by atoms with Gasteiger partial charge in [-0.15, -0.1) is 0 Å². The smallest absolute Gasteiger partial charge is 0.273 e. The number of para-hydroxylation sites is 2. The summed E-state index contributed by atoms with van der Waals surface area (Å²) >= 11 is 0. The van der Waals surface area contributed by atoms with Gasteiger partial charge in [-0.05, 0) is 17.7 Å². The Morgan fingerprint density at radius 1 is 1.15 bits per heavy atom. The van der Waals surface area contributed by atoms with E-state index < -0.39 is 12.0 Å². The lowest BCUT2D eigenvalue weighted by molar-refractivity contribution is 0.0911. The number of aliphatic hydroxyl groups excluding tert-OH is 1. The van der Waals surface area contributed by atoms with Crippen LogP contribution in [0.3, 0.4) is 0 Å². The first-order valence-corrected chi connectivity index (χ1v) is 8.56. The molecule has 2 heterocycles. The number of hydrogen-bond acceptors (Lipinski definition) is 5. The van der Waals surface area contributed by atoms with Crippen molar-refractivity contribution < 1.29 is 14.3 Å². The Hall–Kier alpha value is -3.45. The molecule has 27 heavy (non-hydrogen) atoms. The minimum Gasteiger partial charge on any atom is -0.446 e. The van der Waals surface area contributed by atoms with E-state index in [1.54, 1.807) is 18.5 Å². The summed E-state index contributed by atoms with van der Waals surface area (Å²) in [6, 6.07) is 16.9. The molecule has 2 N–H and O–H groups in total. The summed E-state index contributed by atoms with van der Waals surface area (Å²) in [5.74, 6) is 0.0161. The number of amides is 1. The second-order valence-corrected chi connectivity index (χ2v) is 6.12. The average Bonchev–Trinajstić information content (AvgIpc) is 3.34. The van der Waals surface area contributed by atoms with Crippen molar-refractivity contribution in [2.45, 2.75) is 12.6 Å². The Kier molecular flexibility index (Phi) is 4.67. The van der Waals surface area contributed by atoms with Crippen molar-refractivity contribution in [1.29, 1.82) is 0 Å². The van der Waals surface area contributed by atoms with Crippen LogP contribution in [0.25, 0.3) is 11.0 Å². The molecule has 0 aliphatic heterocycles. The summed E-state index contributed by atoms with van der Waals surface area (Å²) in [4.78, 5) is 20.8. The van der Waals surface area contributed by atoms with E-state index in [4.69, 9.17) is 4.42 Å². The highest BCUT2D eigenvalue weighted by atomic mass is 16.3. The third kappa shape index (κ3) is 3.73. The predicted molar refractivity (Wildman–Crippen MR) is 99.1 cm³/mol. The van der Waals surface area contributed by atoms with Crippen molar-refractivity contribution in [3.63, 3.8) is 0 Å². The standard InChI is InChI=1S/C20H18N4O3/c25-18(14-6-2-1-3-7-14)10-21-20(26)16-12-27-19(23-16)11-24-13-22-15-8-4-5-9-17(15)24/h1-9,12-13,18,25H,10-11H2,(H,21,26)/t18-/m1/s1. The third-order valence-electron chi connectivity index (χ3n) is 4.26. The number of fused-ring (bicyclic) bond motifs is 1. The van der Waals surface area contributed by atoms with Gasteiger partial charge in [-0.2, -0.15) is 0 Å². The molecule has 0 fully saturated rings. The van der Waals surface area contributed by atoms with Gasteiger partial charge in [-0.1, -0.05) is 42.5 Å². The molecule has 0 saturated carbocycles. The zero-order valence-electron chi connectivity index (χ0n) is 14.4. The van der Waals surface area contributed by atoms with Gasteiger partial charge in [-0.25, -0.2) is 9.97 Å². The van der Waals surface area contributed by atoms with E-state index in [0.717, 1.165) is 16.6 Å². The Morgan fingerprint density at radius 3 is 2.78 bits per heavy atom. The summed E-state index contributed by atoms with van der Waals surface area (Å²) in [6.45, 7) is 0.470. The number of imidazole rings is 1. The van der Waals surface area contributed by atoms with Crippen molar-refractivity contribution >= 4 is 16.9 Å². The normalized spacial score (nSPS) is 12.2. The van der Waals surface area contributed by atoms with Gasteiger partial charge in [0.2, 0.25) is 5.89 Å². The lowest BCUT2D eigenvalue weighted by Crippen LogP contribution is -2.28. The monoisotopic (exact) mass is 362 g/mol. The number of oxazole rings is 1. The molecule has 1 amide bonds. The van der Waals surface area contributed by atoms with E-state index in [2.05, 4.69) is 15.3 Å². The second-order valence-electron chi connectivity index (χ2n) is 6.12. The average molecular weight is 362 g/mol. The number of aromatic nitrogens is 3. The molecule has 0 unspecified atom stereocenters. The number of hydrogen-bond donors (Lipinski definition) is 2. The van der Waals surface area contributed by atoms with E-state index in [9.17, 15) is 9.90 Å². The molecule has 0 aliphatic rings. The van der Waals surface area contributed by atoms with Gasteiger partial charge in [0.1, 0.15) is 12.8 Å². The maximum atomic E-state index is 12.2. The van der Waals surface area contributed by atoms with Crippen molar-refractivity contribution in [3.8, 4) is 0 Å². The van der Waals surface area contributed by atoms with Crippen LogP contribution >= 0.6 is 0 Å². The fraction of sp³-hybridized carbons (Fsp3) is 0.150. The maximum absolute atomic E-state index is 12.2. The number of nitrogens with zero attached hydrogens (tertiary/aromatic N) is 3. The zero-order chi connectivity index (χ0) is 18.6. The molecular weight excluding hydrogens is 344 g/mol. The van der Waals surface area contributed by atoms with Crippen LogP contribution in [0, 0.1) is 0 Å². The summed E-state index contributed by atoms with van der Waals surface area (Å²) in [5, 5.41) is 12.8. The van der Waals surface area contributed by atoms with Crippen LogP contribution in [0.15, 0.2) is 71.6 Å². The lowest BCUT2D eigenvalue weighted by Gasteiger charge is -2.11. The fourth-order valence-electron chi connectivity index (χ4n) is 2.84. The number of rotatable bonds is 6. The van der Waals surface area contributed by atoms with Crippen LogP contribution in [-0.2, 0) is 6.54 Å². The summed E-state index contributed by atoms with van der Waals surface area (Å²) in [7, 11) is 0. The van der Waals surface area contributed by atoms with Crippen LogP contribution in [-0.4, -0.2) is 32.1 Å². The molecule has 0 saturated heterocycles. The number of nitrogens with one attached hydrogen (secondary N) is 1. The topological polar surface area (TPSA) is 93.2 Å². The lowest BCUT2D eigenvalue weighted by atomic mass is 10.1. The van der Waals surface area contributed by atoms with E-state index in [1.807, 2.05) is 47.0 Å². The molecule has 2 aromatic carbocycles. The van der Waals surface area contributed by atoms with Crippen molar-refractivity contribution in [2.75, 3.05) is 6.54 Å². The highest BCUT2D eigenvalue weighted by Gasteiger charge is 2.15. The van der Waals surface area contributed by atoms with Gasteiger partial charge in [0, 0.05) is 6.54 Å². The molecule has 0 aliphatic carbocycles. The molecule has 2 aromatic heterocycles. The van der Waals surface area contributed by atoms with Gasteiger partial charge < -0.3 is 19.4 Å². The van der Waals surface area contributed by atoms with E-state index in [0.29, 0.717) is 12.4 Å². The molecule has 0 radical (unpaired) electrons. The second kappa shape index (κ2) is 7.43. The van der Waals surface area contributed by atoms with Crippen LogP contribution in [0.4, 0.5) is 0 Å². The Morgan fingerprint density at radius 2 is 1.93 bits per heavy atom. The largest absolute Gasteiger partial charge is 0.446 e. The first-order valence-electron chi connectivity index (χ1n) is 8.56. The molecule has 4 rings (SSSR count). The van der Waals surface area contributed by atoms with E-state index >= 15 is 0 Å². The number of benzene rings is 2. The zero-order valence-corrected chi connectivity index (χ0v) is 14.4. The van der Waals surface area contributed by atoms with Gasteiger partial charge in [0.25, 0.3) is 5.91 Å². The minimum absolute atomic E-state index is 0.0944. The first kappa shape index (κ1) is 17.0. The van der Waals surface area contributed by atoms with E-state index in [-0.39, 0.29) is 12.2 Å². The molecule has 7 heteroatoms. The van der Waals surface area contributed by atoms with Crippen LogP contribution in [0.1, 0.15) is 28.0 Å². The quantitative estimate of drug-likeness (QED) is 0.550. The summed E-state index contributed by atoms with van der Waals surface area (Å²) < 4.78 is 7.32. The molecular formula is C20H18N4O3. The van der Waals surface area contributed by atoms with Crippen molar-refractivity contribution in [1.82, 2.24) is 19.9 Å². The highest BCUT2D eigenvalue weighted by Crippen LogP contribution is 2.14. The van der Waals surface area contributed by atoms with Gasteiger partial charge in [-0.3, -0.25) is 4.79 Å². The van der Waals surface area contributed by atoms with E-state index in [1.165, 1.54) is 6.26 Å². The van der Waals surface area contributed by atoms with Crippen LogP contribution < -0.4 is 5.32 Å². The third-order valence-corrected chi connectivity index (χ3v) is 4.26. The SMILES string of the molecule is O=C(NC[C@@H](O)c1ccccc1)c1coc(Cn2cnc3ccccc32)n1. The van der Waals surface area contributed by atoms with Gasteiger partial charge >= 0.3 is 0 Å². The van der Waals surface area contributed by atoms with Crippen LogP contribution in [0.5, 0.6) is 0 Å². The fourth-order valence-corrected chi connectivity index (χ4v) is 2.84. The Labute approximate surface area is 155 Å². The first-order chi connectivity index (χ1) is 13.2. The number of carbonyl (C=O) groups is 1. The Balaban J connectivity index is 1.39. The minimum atomic E-state index is -0.779. The Bertz CT molecular complexity index is 1060. The van der Waals surface area contributed by atoms with Crippen LogP contribution in [0.2, 0.25) is 0 Å². The van der Waals surface area contributed by atoms with Gasteiger partial charge in [0.05, 0.1) is 23.5 Å². The molecule has 136 valence electrons. The van der Waals surface area contributed by atoms with Gasteiger partial charge in [0.15, 0.2) is 5.69 Å². The predicted octanol–water partition coefficient (Wildman–Crippen LogP) is 2.54. The molecule has 0 spiro atoms. The van der Waals surface area contributed by atoms with Crippen molar-refractivity contribution in [3.05, 3.63) is 84.3 Å². The number of aliphatic hydroxyl groups is 1. The summed E-state index contributed by atoms with van der Waals surface area (Å²) in [5.41, 5.74) is 2.77. The molecule has 4 aromatic rings. The van der Waals surface area contributed by atoms with Crippen molar-refractivity contribution in [2.24, 2.45) is 0 Å². The molecule has 0 bridgehead atoms. The highest BCUT2D eigenvalue weighted by molar-refractivity contribution is 5.91. The number of carbonyl (C=O) groups excluding carboxylic acids is 1. The molecule has 1 atom stereocenters. The maximum Gasteiger partial charge on any atom is 0.273 e.